The molecule has 3 heterocycles. The van der Waals surface area contributed by atoms with Crippen molar-refractivity contribution in [1.82, 2.24) is 15.1 Å². The van der Waals surface area contributed by atoms with Crippen molar-refractivity contribution in [3.63, 3.8) is 0 Å². The fraction of sp³-hybridized carbons (Fsp3) is 0.263. The molecule has 1 aliphatic heterocycles. The van der Waals surface area contributed by atoms with Gasteiger partial charge in [-0.15, -0.1) is 0 Å². The maximum atomic E-state index is 12.7. The van der Waals surface area contributed by atoms with E-state index in [1.165, 1.54) is 5.56 Å². The van der Waals surface area contributed by atoms with Gasteiger partial charge in [-0.25, -0.2) is 0 Å². The SMILES string of the molecule is C[C@@H]1Cc2ccccc2N1C(=O)CCc1nc(-c2cccnc2)no1. The van der Waals surface area contributed by atoms with Crippen LogP contribution in [0.2, 0.25) is 0 Å². The van der Waals surface area contributed by atoms with Crippen LogP contribution in [0, 0.1) is 0 Å². The van der Waals surface area contributed by atoms with Crippen LogP contribution in [0.4, 0.5) is 5.69 Å². The topological polar surface area (TPSA) is 72.1 Å². The molecule has 4 rings (SSSR count). The molecule has 1 aliphatic rings. The van der Waals surface area contributed by atoms with Crippen LogP contribution < -0.4 is 4.90 Å². The summed E-state index contributed by atoms with van der Waals surface area (Å²) in [6.07, 6.45) is 5.04. The van der Waals surface area contributed by atoms with Crippen molar-refractivity contribution >= 4 is 11.6 Å². The number of benzene rings is 1. The van der Waals surface area contributed by atoms with Crippen molar-refractivity contribution in [3.8, 4) is 11.4 Å². The molecule has 0 saturated heterocycles. The molecular formula is C19H18N4O2. The maximum absolute atomic E-state index is 12.7. The van der Waals surface area contributed by atoms with Gasteiger partial charge in [-0.3, -0.25) is 9.78 Å². The Morgan fingerprint density at radius 3 is 3.00 bits per heavy atom. The highest BCUT2D eigenvalue weighted by Gasteiger charge is 2.30. The number of fused-ring (bicyclic) bond motifs is 1. The van der Waals surface area contributed by atoms with Crippen molar-refractivity contribution in [3.05, 3.63) is 60.2 Å². The third-order valence-electron chi connectivity index (χ3n) is 4.42. The average molecular weight is 334 g/mol. The summed E-state index contributed by atoms with van der Waals surface area (Å²) in [6, 6.07) is 11.9. The zero-order chi connectivity index (χ0) is 17.2. The van der Waals surface area contributed by atoms with E-state index in [4.69, 9.17) is 4.52 Å². The zero-order valence-corrected chi connectivity index (χ0v) is 13.9. The van der Waals surface area contributed by atoms with Gasteiger partial charge in [0.15, 0.2) is 0 Å². The van der Waals surface area contributed by atoms with E-state index in [1.54, 1.807) is 12.4 Å². The Bertz CT molecular complexity index is 891. The molecule has 25 heavy (non-hydrogen) atoms. The fourth-order valence-electron chi connectivity index (χ4n) is 3.25. The van der Waals surface area contributed by atoms with Crippen LogP contribution in [0.3, 0.4) is 0 Å². The zero-order valence-electron chi connectivity index (χ0n) is 13.9. The first-order valence-corrected chi connectivity index (χ1v) is 8.35. The van der Waals surface area contributed by atoms with E-state index in [-0.39, 0.29) is 11.9 Å². The van der Waals surface area contributed by atoms with Crippen molar-refractivity contribution < 1.29 is 9.32 Å². The van der Waals surface area contributed by atoms with Gasteiger partial charge in [0.2, 0.25) is 17.6 Å². The summed E-state index contributed by atoms with van der Waals surface area (Å²) >= 11 is 0. The molecule has 0 bridgehead atoms. The average Bonchev–Trinajstić information content (AvgIpc) is 3.24. The third-order valence-corrected chi connectivity index (χ3v) is 4.42. The number of hydrogen-bond donors (Lipinski definition) is 0. The molecular weight excluding hydrogens is 316 g/mol. The summed E-state index contributed by atoms with van der Waals surface area (Å²) in [4.78, 5) is 23.0. The van der Waals surface area contributed by atoms with E-state index in [0.717, 1.165) is 17.7 Å². The Labute approximate surface area is 145 Å². The van der Waals surface area contributed by atoms with Crippen LogP contribution in [0.1, 0.15) is 24.8 Å². The summed E-state index contributed by atoms with van der Waals surface area (Å²) in [6.45, 7) is 2.07. The van der Waals surface area contributed by atoms with Gasteiger partial charge in [0.25, 0.3) is 0 Å². The number of amides is 1. The Balaban J connectivity index is 1.44. The number of aromatic nitrogens is 3. The highest BCUT2D eigenvalue weighted by atomic mass is 16.5. The molecule has 0 fully saturated rings. The van der Waals surface area contributed by atoms with E-state index in [0.29, 0.717) is 24.6 Å². The lowest BCUT2D eigenvalue weighted by Crippen LogP contribution is -2.35. The predicted molar refractivity (Wildman–Crippen MR) is 92.9 cm³/mol. The van der Waals surface area contributed by atoms with Gasteiger partial charge in [-0.1, -0.05) is 23.4 Å². The number of rotatable bonds is 4. The second kappa shape index (κ2) is 6.47. The van der Waals surface area contributed by atoms with Gasteiger partial charge >= 0.3 is 0 Å². The Hall–Kier alpha value is -3.02. The number of nitrogens with zero attached hydrogens (tertiary/aromatic N) is 4. The monoisotopic (exact) mass is 334 g/mol. The molecule has 0 radical (unpaired) electrons. The minimum Gasteiger partial charge on any atom is -0.339 e. The summed E-state index contributed by atoms with van der Waals surface area (Å²) in [7, 11) is 0. The Kier molecular flexibility index (Phi) is 4.01. The van der Waals surface area contributed by atoms with Gasteiger partial charge in [-0.2, -0.15) is 4.98 Å². The van der Waals surface area contributed by atoms with Gasteiger partial charge in [0, 0.05) is 42.5 Å². The van der Waals surface area contributed by atoms with Crippen molar-refractivity contribution in [2.45, 2.75) is 32.2 Å². The highest BCUT2D eigenvalue weighted by Crippen LogP contribution is 2.32. The maximum Gasteiger partial charge on any atom is 0.227 e. The van der Waals surface area contributed by atoms with Crippen molar-refractivity contribution in [2.24, 2.45) is 0 Å². The third kappa shape index (κ3) is 3.03. The van der Waals surface area contributed by atoms with Crippen molar-refractivity contribution in [1.29, 1.82) is 0 Å². The second-order valence-electron chi connectivity index (χ2n) is 6.20. The molecule has 1 aromatic carbocycles. The minimum atomic E-state index is 0.0820. The first kappa shape index (κ1) is 15.5. The van der Waals surface area contributed by atoms with E-state index < -0.39 is 0 Å². The molecule has 0 saturated carbocycles. The first-order valence-electron chi connectivity index (χ1n) is 8.35. The van der Waals surface area contributed by atoms with Crippen molar-refractivity contribution in [2.75, 3.05) is 4.90 Å². The largest absolute Gasteiger partial charge is 0.339 e. The quantitative estimate of drug-likeness (QED) is 0.733. The van der Waals surface area contributed by atoms with Crippen LogP contribution in [0.15, 0.2) is 53.3 Å². The van der Waals surface area contributed by atoms with Crippen LogP contribution in [0.25, 0.3) is 11.4 Å². The number of para-hydroxylation sites is 1. The molecule has 126 valence electrons. The number of carbonyl (C=O) groups excluding carboxylic acids is 1. The molecule has 0 unspecified atom stereocenters. The van der Waals surface area contributed by atoms with E-state index in [2.05, 4.69) is 28.1 Å². The number of carbonyl (C=O) groups is 1. The number of aryl methyl sites for hydroxylation is 1. The minimum absolute atomic E-state index is 0.0820. The molecule has 1 amide bonds. The lowest BCUT2D eigenvalue weighted by Gasteiger charge is -2.22. The van der Waals surface area contributed by atoms with Crippen LogP contribution in [-0.2, 0) is 17.6 Å². The van der Waals surface area contributed by atoms with Gasteiger partial charge in [0.05, 0.1) is 0 Å². The summed E-state index contributed by atoms with van der Waals surface area (Å²) < 4.78 is 5.27. The van der Waals surface area contributed by atoms with Crippen LogP contribution >= 0.6 is 0 Å². The molecule has 3 aromatic rings. The standard InChI is InChI=1S/C19H18N4O2/c1-13-11-14-5-2-3-7-16(14)23(13)18(24)9-8-17-21-19(22-25-17)15-6-4-10-20-12-15/h2-7,10,12-13H,8-9,11H2,1H3/t13-/m1/s1. The fourth-order valence-corrected chi connectivity index (χ4v) is 3.25. The van der Waals surface area contributed by atoms with Gasteiger partial charge in [0.1, 0.15) is 0 Å². The molecule has 0 aliphatic carbocycles. The second-order valence-corrected chi connectivity index (χ2v) is 6.20. The number of pyridine rings is 1. The predicted octanol–water partition coefficient (Wildman–Crippen LogP) is 3.04. The molecule has 2 aromatic heterocycles. The summed E-state index contributed by atoms with van der Waals surface area (Å²) in [5, 5.41) is 3.96. The van der Waals surface area contributed by atoms with Gasteiger partial charge < -0.3 is 9.42 Å². The van der Waals surface area contributed by atoms with E-state index >= 15 is 0 Å². The normalized spacial score (nSPS) is 16.0. The van der Waals surface area contributed by atoms with Gasteiger partial charge in [-0.05, 0) is 37.1 Å². The smallest absolute Gasteiger partial charge is 0.227 e. The molecule has 0 N–H and O–H groups in total. The van der Waals surface area contributed by atoms with Crippen LogP contribution in [0.5, 0.6) is 0 Å². The molecule has 1 atom stereocenters. The first-order chi connectivity index (χ1) is 12.2. The molecule has 0 spiro atoms. The van der Waals surface area contributed by atoms with Crippen LogP contribution in [-0.4, -0.2) is 27.1 Å². The van der Waals surface area contributed by atoms with E-state index in [9.17, 15) is 4.79 Å². The number of hydrogen-bond acceptors (Lipinski definition) is 5. The number of anilines is 1. The molecule has 6 heteroatoms. The molecule has 6 nitrogen and oxygen atoms in total. The Morgan fingerprint density at radius 1 is 1.28 bits per heavy atom. The highest BCUT2D eigenvalue weighted by molar-refractivity contribution is 5.96. The lowest BCUT2D eigenvalue weighted by molar-refractivity contribution is -0.118. The summed E-state index contributed by atoms with van der Waals surface area (Å²) in [5.41, 5.74) is 3.03. The lowest BCUT2D eigenvalue weighted by atomic mass is 10.1. The Morgan fingerprint density at radius 2 is 2.16 bits per heavy atom. The summed E-state index contributed by atoms with van der Waals surface area (Å²) in [5.74, 6) is 1.04. The van der Waals surface area contributed by atoms with E-state index in [1.807, 2.05) is 35.2 Å².